The van der Waals surface area contributed by atoms with Crippen LogP contribution < -0.4 is 11.1 Å². The molecule has 0 saturated heterocycles. The number of nitrogens with two attached hydrogens (primary N) is 1. The Morgan fingerprint density at radius 2 is 2.00 bits per heavy atom. The fourth-order valence-electron chi connectivity index (χ4n) is 1.80. The Hall–Kier alpha value is -3.00. The Labute approximate surface area is 134 Å². The second-order valence-corrected chi connectivity index (χ2v) is 4.78. The van der Waals surface area contributed by atoms with E-state index in [1.165, 1.54) is 18.2 Å². The number of halogens is 1. The van der Waals surface area contributed by atoms with Gasteiger partial charge < -0.3 is 15.8 Å². The molecule has 0 bridgehead atoms. The minimum atomic E-state index is -0.509. The van der Waals surface area contributed by atoms with Crippen LogP contribution in [0.5, 0.6) is 0 Å². The van der Waals surface area contributed by atoms with E-state index in [0.29, 0.717) is 18.7 Å². The van der Waals surface area contributed by atoms with Crippen LogP contribution in [0, 0.1) is 17.7 Å². The van der Waals surface area contributed by atoms with Crippen molar-refractivity contribution < 1.29 is 13.9 Å². The second-order valence-electron chi connectivity index (χ2n) is 4.78. The van der Waals surface area contributed by atoms with E-state index in [2.05, 4.69) is 17.2 Å². The Morgan fingerprint density at radius 3 is 2.78 bits per heavy atom. The van der Waals surface area contributed by atoms with Gasteiger partial charge in [-0.1, -0.05) is 42.2 Å². The summed E-state index contributed by atoms with van der Waals surface area (Å²) in [4.78, 5) is 11.5. The van der Waals surface area contributed by atoms with Crippen molar-refractivity contribution in [2.45, 2.75) is 13.0 Å². The summed E-state index contributed by atoms with van der Waals surface area (Å²) in [5.41, 5.74) is 7.19. The largest absolute Gasteiger partial charge is 0.445 e. The van der Waals surface area contributed by atoms with Crippen molar-refractivity contribution in [2.24, 2.45) is 0 Å². The molecular formula is C18H17FN2O2. The molecule has 0 fully saturated rings. The highest BCUT2D eigenvalue weighted by Gasteiger charge is 2.01. The molecule has 2 aromatic carbocycles. The summed E-state index contributed by atoms with van der Waals surface area (Å²) in [5, 5.41) is 2.58. The van der Waals surface area contributed by atoms with Crippen LogP contribution in [0.4, 0.5) is 14.9 Å². The SMILES string of the molecule is Nc1ccc(F)c(C#CCCNC(=O)OCc2ccccc2)c1. The number of ether oxygens (including phenoxy) is 1. The summed E-state index contributed by atoms with van der Waals surface area (Å²) < 4.78 is 18.5. The van der Waals surface area contributed by atoms with Gasteiger partial charge in [-0.3, -0.25) is 0 Å². The summed E-state index contributed by atoms with van der Waals surface area (Å²) >= 11 is 0. The van der Waals surface area contributed by atoms with Crippen LogP contribution in [0.1, 0.15) is 17.5 Å². The number of carbonyl (C=O) groups excluding carboxylic acids is 1. The number of rotatable bonds is 4. The fraction of sp³-hybridized carbons (Fsp3) is 0.167. The van der Waals surface area contributed by atoms with E-state index in [1.807, 2.05) is 30.3 Å². The van der Waals surface area contributed by atoms with Gasteiger partial charge in [-0.2, -0.15) is 0 Å². The monoisotopic (exact) mass is 312 g/mol. The van der Waals surface area contributed by atoms with Crippen molar-refractivity contribution in [2.75, 3.05) is 12.3 Å². The van der Waals surface area contributed by atoms with Gasteiger partial charge in [-0.25, -0.2) is 9.18 Å². The zero-order chi connectivity index (χ0) is 16.5. The van der Waals surface area contributed by atoms with Gasteiger partial charge in [0.25, 0.3) is 0 Å². The Morgan fingerprint density at radius 1 is 1.22 bits per heavy atom. The predicted octanol–water partition coefficient (Wildman–Crippen LogP) is 3.08. The van der Waals surface area contributed by atoms with Crippen LogP contribution in [-0.4, -0.2) is 12.6 Å². The van der Waals surface area contributed by atoms with E-state index in [1.54, 1.807) is 0 Å². The van der Waals surface area contributed by atoms with E-state index in [-0.39, 0.29) is 12.2 Å². The molecule has 0 heterocycles. The molecule has 5 heteroatoms. The highest BCUT2D eigenvalue weighted by atomic mass is 19.1. The average Bonchev–Trinajstić information content (AvgIpc) is 2.56. The molecule has 0 spiro atoms. The molecule has 0 unspecified atom stereocenters. The maximum Gasteiger partial charge on any atom is 0.407 e. The van der Waals surface area contributed by atoms with Gasteiger partial charge in [0.1, 0.15) is 12.4 Å². The highest BCUT2D eigenvalue weighted by molar-refractivity contribution is 5.67. The van der Waals surface area contributed by atoms with Crippen molar-refractivity contribution in [1.29, 1.82) is 0 Å². The molecule has 23 heavy (non-hydrogen) atoms. The molecule has 0 atom stereocenters. The molecule has 0 radical (unpaired) electrons. The molecule has 118 valence electrons. The number of hydrogen-bond donors (Lipinski definition) is 2. The molecular weight excluding hydrogens is 295 g/mol. The Bertz CT molecular complexity index is 721. The van der Waals surface area contributed by atoms with Gasteiger partial charge in [0.2, 0.25) is 0 Å². The summed E-state index contributed by atoms with van der Waals surface area (Å²) in [7, 11) is 0. The third-order valence-corrected chi connectivity index (χ3v) is 2.95. The molecule has 0 aliphatic carbocycles. The van der Waals surface area contributed by atoms with Crippen LogP contribution in [0.15, 0.2) is 48.5 Å². The van der Waals surface area contributed by atoms with E-state index < -0.39 is 11.9 Å². The summed E-state index contributed by atoms with van der Waals surface area (Å²) in [6.07, 6.45) is -0.125. The first-order valence-electron chi connectivity index (χ1n) is 7.13. The number of carbonyl (C=O) groups is 1. The normalized spacial score (nSPS) is 9.61. The van der Waals surface area contributed by atoms with Crippen LogP contribution >= 0.6 is 0 Å². The van der Waals surface area contributed by atoms with Crippen molar-refractivity contribution in [3.63, 3.8) is 0 Å². The van der Waals surface area contributed by atoms with Gasteiger partial charge in [0.15, 0.2) is 0 Å². The minimum Gasteiger partial charge on any atom is -0.445 e. The van der Waals surface area contributed by atoms with Crippen LogP contribution in [0.2, 0.25) is 0 Å². The van der Waals surface area contributed by atoms with Crippen molar-refractivity contribution in [3.8, 4) is 11.8 Å². The molecule has 3 N–H and O–H groups in total. The average molecular weight is 312 g/mol. The van der Waals surface area contributed by atoms with Gasteiger partial charge in [-0.15, -0.1) is 0 Å². The Balaban J connectivity index is 1.70. The lowest BCUT2D eigenvalue weighted by atomic mass is 10.2. The molecule has 0 aliphatic heterocycles. The number of benzene rings is 2. The van der Waals surface area contributed by atoms with Crippen LogP contribution in [0.3, 0.4) is 0 Å². The molecule has 1 amide bonds. The van der Waals surface area contributed by atoms with Crippen molar-refractivity contribution in [3.05, 3.63) is 65.5 Å². The number of nitrogen functional groups attached to an aromatic ring is 1. The number of anilines is 1. The van der Waals surface area contributed by atoms with Gasteiger partial charge in [0.05, 0.1) is 5.56 Å². The van der Waals surface area contributed by atoms with Gasteiger partial charge >= 0.3 is 6.09 Å². The van der Waals surface area contributed by atoms with Gasteiger partial charge in [-0.05, 0) is 23.8 Å². The Kier molecular flexibility index (Phi) is 6.01. The maximum absolute atomic E-state index is 13.4. The lowest BCUT2D eigenvalue weighted by Gasteiger charge is -2.05. The number of hydrogen-bond acceptors (Lipinski definition) is 3. The van der Waals surface area contributed by atoms with E-state index in [4.69, 9.17) is 10.5 Å². The zero-order valence-electron chi connectivity index (χ0n) is 12.5. The summed E-state index contributed by atoms with van der Waals surface area (Å²) in [6.45, 7) is 0.539. The maximum atomic E-state index is 13.4. The van der Waals surface area contributed by atoms with Gasteiger partial charge in [0, 0.05) is 18.7 Å². The number of nitrogens with one attached hydrogen (secondary N) is 1. The molecule has 0 aliphatic rings. The molecule has 0 saturated carbocycles. The van der Waals surface area contributed by atoms with Crippen molar-refractivity contribution in [1.82, 2.24) is 5.32 Å². The number of alkyl carbamates (subject to hydrolysis) is 1. The van der Waals surface area contributed by atoms with E-state index in [9.17, 15) is 9.18 Å². The fourth-order valence-corrected chi connectivity index (χ4v) is 1.80. The lowest BCUT2D eigenvalue weighted by molar-refractivity contribution is 0.140. The quantitative estimate of drug-likeness (QED) is 0.518. The second kappa shape index (κ2) is 8.44. The number of amides is 1. The lowest BCUT2D eigenvalue weighted by Crippen LogP contribution is -2.24. The topological polar surface area (TPSA) is 64.3 Å². The standard InChI is InChI=1S/C18H17FN2O2/c19-17-10-9-16(20)12-15(17)8-4-5-11-21-18(22)23-13-14-6-2-1-3-7-14/h1-3,6-7,9-10,12H,5,11,13,20H2,(H,21,22). The first kappa shape index (κ1) is 16.4. The van der Waals surface area contributed by atoms with Crippen molar-refractivity contribution >= 4 is 11.8 Å². The summed E-state index contributed by atoms with van der Waals surface area (Å²) in [6, 6.07) is 13.6. The summed E-state index contributed by atoms with van der Waals surface area (Å²) in [5.74, 6) is 5.06. The highest BCUT2D eigenvalue weighted by Crippen LogP contribution is 2.10. The van der Waals surface area contributed by atoms with Crippen LogP contribution in [-0.2, 0) is 11.3 Å². The molecule has 4 nitrogen and oxygen atoms in total. The van der Waals surface area contributed by atoms with E-state index in [0.717, 1.165) is 5.56 Å². The molecule has 2 aromatic rings. The molecule has 2 rings (SSSR count). The first-order valence-corrected chi connectivity index (χ1v) is 7.13. The van der Waals surface area contributed by atoms with Crippen LogP contribution in [0.25, 0.3) is 0 Å². The van der Waals surface area contributed by atoms with E-state index >= 15 is 0 Å². The smallest absolute Gasteiger partial charge is 0.407 e. The predicted molar refractivity (Wildman–Crippen MR) is 86.9 cm³/mol. The third-order valence-electron chi connectivity index (χ3n) is 2.95. The minimum absolute atomic E-state index is 0.215. The third kappa shape index (κ3) is 5.71. The first-order chi connectivity index (χ1) is 11.1. The zero-order valence-corrected chi connectivity index (χ0v) is 12.5. The molecule has 0 aromatic heterocycles.